The Hall–Kier alpha value is -2.79. The number of aromatic nitrogens is 1. The third-order valence-corrected chi connectivity index (χ3v) is 5.21. The van der Waals surface area contributed by atoms with E-state index in [0.29, 0.717) is 23.0 Å². The lowest BCUT2D eigenvalue weighted by Gasteiger charge is -2.24. The predicted molar refractivity (Wildman–Crippen MR) is 103 cm³/mol. The highest BCUT2D eigenvalue weighted by Gasteiger charge is 2.32. The molecule has 3 aromatic rings. The van der Waals surface area contributed by atoms with Gasteiger partial charge in [-0.2, -0.15) is 0 Å². The van der Waals surface area contributed by atoms with Gasteiger partial charge in [-0.05, 0) is 42.7 Å². The smallest absolute Gasteiger partial charge is 0.276 e. The predicted octanol–water partition coefficient (Wildman–Crippen LogP) is 4.98. The second-order valence-electron chi connectivity index (χ2n) is 6.49. The number of amides is 1. The summed E-state index contributed by atoms with van der Waals surface area (Å²) in [4.78, 5) is 14.9. The van der Waals surface area contributed by atoms with Gasteiger partial charge in [-0.1, -0.05) is 41.0 Å². The van der Waals surface area contributed by atoms with Crippen molar-refractivity contribution in [2.24, 2.45) is 0 Å². The van der Waals surface area contributed by atoms with E-state index in [9.17, 15) is 4.79 Å². The minimum Gasteiger partial charge on any atom is -0.497 e. The van der Waals surface area contributed by atoms with Crippen LogP contribution in [0.5, 0.6) is 5.75 Å². The van der Waals surface area contributed by atoms with Crippen LogP contribution < -0.4 is 4.74 Å². The van der Waals surface area contributed by atoms with Crippen molar-refractivity contribution in [3.8, 4) is 17.1 Å². The number of hydrogen-bond donors (Lipinski definition) is 0. The zero-order valence-corrected chi connectivity index (χ0v) is 15.6. The molecule has 0 bridgehead atoms. The molecule has 1 unspecified atom stereocenters. The monoisotopic (exact) mass is 382 g/mol. The third-order valence-electron chi connectivity index (χ3n) is 4.88. The molecule has 27 heavy (non-hydrogen) atoms. The Kier molecular flexibility index (Phi) is 4.86. The van der Waals surface area contributed by atoms with Crippen LogP contribution in [0.3, 0.4) is 0 Å². The van der Waals surface area contributed by atoms with E-state index in [2.05, 4.69) is 5.16 Å². The van der Waals surface area contributed by atoms with Crippen LogP contribution in [0.1, 0.15) is 34.9 Å². The van der Waals surface area contributed by atoms with Crippen LogP contribution in [0.25, 0.3) is 11.3 Å². The molecule has 2 aromatic carbocycles. The van der Waals surface area contributed by atoms with Gasteiger partial charge in [-0.25, -0.2) is 0 Å². The summed E-state index contributed by atoms with van der Waals surface area (Å²) in [7, 11) is 1.64. The maximum absolute atomic E-state index is 13.0. The van der Waals surface area contributed by atoms with Gasteiger partial charge in [-0.15, -0.1) is 0 Å². The number of halogens is 1. The highest BCUT2D eigenvalue weighted by atomic mass is 35.5. The zero-order valence-electron chi connectivity index (χ0n) is 14.9. The summed E-state index contributed by atoms with van der Waals surface area (Å²) in [6, 6.07) is 16.9. The molecule has 1 fully saturated rings. The molecule has 6 heteroatoms. The van der Waals surface area contributed by atoms with Crippen molar-refractivity contribution in [2.45, 2.75) is 18.9 Å². The molecule has 1 aliphatic rings. The molecule has 0 radical (unpaired) electrons. The van der Waals surface area contributed by atoms with Gasteiger partial charge >= 0.3 is 0 Å². The first-order valence-corrected chi connectivity index (χ1v) is 9.21. The van der Waals surface area contributed by atoms with Gasteiger partial charge in [-0.3, -0.25) is 4.79 Å². The van der Waals surface area contributed by atoms with Gasteiger partial charge in [0.2, 0.25) is 0 Å². The van der Waals surface area contributed by atoms with Gasteiger partial charge in [0.15, 0.2) is 11.5 Å². The normalized spacial score (nSPS) is 16.5. The number of carbonyl (C=O) groups excluding carboxylic acids is 1. The fraction of sp³-hybridized carbons (Fsp3) is 0.238. The molecule has 138 valence electrons. The average molecular weight is 383 g/mol. The van der Waals surface area contributed by atoms with Crippen LogP contribution in [-0.4, -0.2) is 29.6 Å². The van der Waals surface area contributed by atoms with E-state index < -0.39 is 0 Å². The molecule has 0 saturated carbocycles. The third kappa shape index (κ3) is 3.43. The Balaban J connectivity index is 1.57. The fourth-order valence-corrected chi connectivity index (χ4v) is 3.72. The molecule has 2 heterocycles. The van der Waals surface area contributed by atoms with Crippen molar-refractivity contribution < 1.29 is 14.1 Å². The number of rotatable bonds is 4. The summed E-state index contributed by atoms with van der Waals surface area (Å²) in [5.41, 5.74) is 2.11. The summed E-state index contributed by atoms with van der Waals surface area (Å²) >= 11 is 6.21. The minimum absolute atomic E-state index is 0.0314. The molecule has 1 amide bonds. The lowest BCUT2D eigenvalue weighted by atomic mass is 10.0. The van der Waals surface area contributed by atoms with E-state index in [0.717, 1.165) is 29.7 Å². The van der Waals surface area contributed by atoms with Crippen LogP contribution in [0.2, 0.25) is 5.02 Å². The van der Waals surface area contributed by atoms with E-state index in [1.165, 1.54) is 0 Å². The second kappa shape index (κ2) is 7.45. The molecule has 5 nitrogen and oxygen atoms in total. The fourth-order valence-electron chi connectivity index (χ4n) is 3.49. The first-order chi connectivity index (χ1) is 13.2. The van der Waals surface area contributed by atoms with Crippen molar-refractivity contribution >= 4 is 17.5 Å². The van der Waals surface area contributed by atoms with Crippen LogP contribution in [-0.2, 0) is 0 Å². The van der Waals surface area contributed by atoms with E-state index >= 15 is 0 Å². The summed E-state index contributed by atoms with van der Waals surface area (Å²) in [5, 5.41) is 4.55. The highest BCUT2D eigenvalue weighted by Crippen LogP contribution is 2.35. The average Bonchev–Trinajstić information content (AvgIpc) is 3.38. The largest absolute Gasteiger partial charge is 0.497 e. The minimum atomic E-state index is -0.129. The molecular weight excluding hydrogens is 364 g/mol. The van der Waals surface area contributed by atoms with Crippen LogP contribution in [0, 0.1) is 0 Å². The number of nitrogens with zero attached hydrogens (tertiary/aromatic N) is 2. The first-order valence-electron chi connectivity index (χ1n) is 8.84. The van der Waals surface area contributed by atoms with Crippen molar-refractivity contribution in [1.82, 2.24) is 10.1 Å². The van der Waals surface area contributed by atoms with E-state index in [1.54, 1.807) is 19.2 Å². The van der Waals surface area contributed by atoms with Gasteiger partial charge in [0.05, 0.1) is 18.2 Å². The maximum atomic E-state index is 13.0. The maximum Gasteiger partial charge on any atom is 0.276 e. The number of ether oxygens (including phenoxy) is 1. The highest BCUT2D eigenvalue weighted by molar-refractivity contribution is 6.33. The van der Waals surface area contributed by atoms with E-state index in [4.69, 9.17) is 20.9 Å². The van der Waals surface area contributed by atoms with Gasteiger partial charge in [0, 0.05) is 18.2 Å². The van der Waals surface area contributed by atoms with Crippen LogP contribution in [0.15, 0.2) is 59.1 Å². The van der Waals surface area contributed by atoms with Crippen molar-refractivity contribution in [2.75, 3.05) is 13.7 Å². The summed E-state index contributed by atoms with van der Waals surface area (Å²) in [6.07, 6.45) is 1.88. The van der Waals surface area contributed by atoms with Gasteiger partial charge < -0.3 is 14.2 Å². The number of carbonyl (C=O) groups is 1. The molecule has 1 aromatic heterocycles. The Labute approximate surface area is 162 Å². The second-order valence-corrected chi connectivity index (χ2v) is 6.89. The topological polar surface area (TPSA) is 55.6 Å². The van der Waals surface area contributed by atoms with E-state index in [1.807, 2.05) is 47.4 Å². The lowest BCUT2D eigenvalue weighted by molar-refractivity contribution is 0.0725. The molecule has 1 aliphatic heterocycles. The standard InChI is InChI=1S/C21H19ClN2O3/c1-26-15-10-8-14(9-11-15)19-7-4-12-24(19)21(25)18-13-20(27-23-18)16-5-2-3-6-17(16)22/h2-3,5-6,8-11,13,19H,4,7,12H2,1H3. The number of methoxy groups -OCH3 is 1. The molecule has 0 aliphatic carbocycles. The summed E-state index contributed by atoms with van der Waals surface area (Å²) in [5.74, 6) is 1.16. The number of hydrogen-bond acceptors (Lipinski definition) is 4. The Morgan fingerprint density at radius 2 is 2.00 bits per heavy atom. The number of benzene rings is 2. The van der Waals surface area contributed by atoms with Crippen molar-refractivity contribution in [3.63, 3.8) is 0 Å². The van der Waals surface area contributed by atoms with E-state index in [-0.39, 0.29) is 11.9 Å². The SMILES string of the molecule is COc1ccc(C2CCCN2C(=O)c2cc(-c3ccccc3Cl)on2)cc1. The summed E-state index contributed by atoms with van der Waals surface area (Å²) in [6.45, 7) is 0.698. The van der Waals surface area contributed by atoms with Gasteiger partial charge in [0.25, 0.3) is 5.91 Å². The first kappa shape index (κ1) is 17.6. The molecule has 4 rings (SSSR count). The molecule has 1 saturated heterocycles. The van der Waals surface area contributed by atoms with Crippen molar-refractivity contribution in [1.29, 1.82) is 0 Å². The Bertz CT molecular complexity index is 952. The zero-order chi connectivity index (χ0) is 18.8. The Morgan fingerprint density at radius 3 is 2.74 bits per heavy atom. The lowest BCUT2D eigenvalue weighted by Crippen LogP contribution is -2.30. The van der Waals surface area contributed by atoms with Gasteiger partial charge in [0.1, 0.15) is 5.75 Å². The molecule has 1 atom stereocenters. The van der Waals surface area contributed by atoms with Crippen LogP contribution in [0.4, 0.5) is 0 Å². The van der Waals surface area contributed by atoms with Crippen LogP contribution >= 0.6 is 11.6 Å². The Morgan fingerprint density at radius 1 is 1.22 bits per heavy atom. The summed E-state index contributed by atoms with van der Waals surface area (Å²) < 4.78 is 10.6. The quantitative estimate of drug-likeness (QED) is 0.638. The molecule has 0 spiro atoms. The molecule has 0 N–H and O–H groups in total. The number of likely N-dealkylation sites (tertiary alicyclic amines) is 1. The molecular formula is C21H19ClN2O3. The van der Waals surface area contributed by atoms with Crippen molar-refractivity contribution in [3.05, 3.63) is 70.9 Å².